The van der Waals surface area contributed by atoms with E-state index in [2.05, 4.69) is 15.0 Å². The van der Waals surface area contributed by atoms with Gasteiger partial charge >= 0.3 is 12.1 Å². The predicted molar refractivity (Wildman–Crippen MR) is 95.5 cm³/mol. The van der Waals surface area contributed by atoms with Crippen molar-refractivity contribution in [1.29, 1.82) is 0 Å². The number of para-hydroxylation sites is 2. The molecule has 2 aromatic heterocycles. The Morgan fingerprint density at radius 1 is 1.33 bits per heavy atom. The number of anilines is 1. The zero-order chi connectivity index (χ0) is 19.2. The molecule has 1 aliphatic rings. The molecule has 3 aromatic rings. The minimum atomic E-state index is -4.59. The molecule has 1 N–H and O–H groups in total. The summed E-state index contributed by atoms with van der Waals surface area (Å²) >= 11 is 1.44. The summed E-state index contributed by atoms with van der Waals surface area (Å²) in [4.78, 5) is 17.1. The van der Waals surface area contributed by atoms with Crippen molar-refractivity contribution in [1.82, 2.24) is 9.55 Å². The van der Waals surface area contributed by atoms with Gasteiger partial charge in [-0.05, 0) is 41.4 Å². The van der Waals surface area contributed by atoms with Gasteiger partial charge in [0, 0.05) is 5.70 Å². The molecule has 1 atom stereocenters. The Balaban J connectivity index is 1.84. The summed E-state index contributed by atoms with van der Waals surface area (Å²) in [6, 6.07) is 8.59. The van der Waals surface area contributed by atoms with Crippen LogP contribution in [0.1, 0.15) is 18.5 Å². The van der Waals surface area contributed by atoms with Crippen LogP contribution in [0.5, 0.6) is 0 Å². The van der Waals surface area contributed by atoms with Gasteiger partial charge in [-0.25, -0.2) is 9.78 Å². The highest BCUT2D eigenvalue weighted by Crippen LogP contribution is 2.40. The molecule has 0 spiro atoms. The van der Waals surface area contributed by atoms with E-state index < -0.39 is 24.8 Å². The molecule has 0 radical (unpaired) electrons. The van der Waals surface area contributed by atoms with E-state index in [0.717, 1.165) is 16.6 Å². The quantitative estimate of drug-likeness (QED) is 0.666. The molecular weight excluding hydrogens is 379 g/mol. The van der Waals surface area contributed by atoms with E-state index in [4.69, 9.17) is 0 Å². The van der Waals surface area contributed by atoms with Crippen molar-refractivity contribution in [3.63, 3.8) is 0 Å². The number of imidazole rings is 1. The molecule has 4 rings (SSSR count). The second kappa shape index (κ2) is 6.41. The topological polar surface area (TPSA) is 56.2 Å². The van der Waals surface area contributed by atoms with Gasteiger partial charge in [-0.2, -0.15) is 24.5 Å². The average molecular weight is 393 g/mol. The van der Waals surface area contributed by atoms with Crippen LogP contribution >= 0.6 is 11.3 Å². The Kier molecular flexibility index (Phi) is 4.18. The van der Waals surface area contributed by atoms with E-state index >= 15 is 0 Å². The predicted octanol–water partition coefficient (Wildman–Crippen LogP) is 4.49. The second-order valence-corrected chi connectivity index (χ2v) is 6.89. The van der Waals surface area contributed by atoms with Crippen LogP contribution in [-0.4, -0.2) is 28.3 Å². The molecule has 0 saturated heterocycles. The molecule has 1 aromatic carbocycles. The Hall–Kier alpha value is -2.81. The van der Waals surface area contributed by atoms with E-state index in [9.17, 15) is 18.0 Å². The van der Waals surface area contributed by atoms with Crippen LogP contribution in [0, 0.1) is 0 Å². The number of carbonyl (C=O) groups is 1. The summed E-state index contributed by atoms with van der Waals surface area (Å²) in [5.74, 6) is -0.478. The zero-order valence-corrected chi connectivity index (χ0v) is 14.9. The zero-order valence-electron chi connectivity index (χ0n) is 14.1. The number of carbonyl (C=O) groups excluding carboxylic acids is 1. The van der Waals surface area contributed by atoms with E-state index in [1.54, 1.807) is 6.92 Å². The van der Waals surface area contributed by atoms with Crippen LogP contribution in [0.3, 0.4) is 0 Å². The average Bonchev–Trinajstić information content (AvgIpc) is 3.25. The first-order chi connectivity index (χ1) is 12.8. The van der Waals surface area contributed by atoms with Gasteiger partial charge in [0.15, 0.2) is 6.61 Å². The number of thiophene rings is 1. The molecule has 9 heteroatoms. The molecule has 0 aliphatic carbocycles. The van der Waals surface area contributed by atoms with Gasteiger partial charge in [0.2, 0.25) is 5.95 Å². The van der Waals surface area contributed by atoms with Gasteiger partial charge in [-0.15, -0.1) is 0 Å². The van der Waals surface area contributed by atoms with E-state index in [1.165, 1.54) is 11.3 Å². The fraction of sp³-hybridized carbons (Fsp3) is 0.222. The number of halogens is 3. The van der Waals surface area contributed by atoms with Crippen molar-refractivity contribution in [3.8, 4) is 0 Å². The number of benzene rings is 1. The smallest absolute Gasteiger partial charge is 0.422 e. The molecule has 0 fully saturated rings. The molecule has 1 aliphatic heterocycles. The SMILES string of the molecule is CC1=C(C(=O)OCC(F)(F)F)C(c2ccsc2)n2c(nc3ccccc32)N1. The van der Waals surface area contributed by atoms with E-state index in [0.29, 0.717) is 11.6 Å². The van der Waals surface area contributed by atoms with Crippen molar-refractivity contribution in [2.75, 3.05) is 11.9 Å². The number of aromatic nitrogens is 2. The second-order valence-electron chi connectivity index (χ2n) is 6.11. The minimum Gasteiger partial charge on any atom is -0.453 e. The Morgan fingerprint density at radius 2 is 2.11 bits per heavy atom. The molecule has 3 heterocycles. The van der Waals surface area contributed by atoms with Crippen molar-refractivity contribution in [2.24, 2.45) is 0 Å². The molecule has 27 heavy (non-hydrogen) atoms. The van der Waals surface area contributed by atoms with Gasteiger partial charge in [0.1, 0.15) is 0 Å². The summed E-state index contributed by atoms with van der Waals surface area (Å²) in [6.45, 7) is 0.00288. The highest BCUT2D eigenvalue weighted by Gasteiger charge is 2.37. The first-order valence-electron chi connectivity index (χ1n) is 8.06. The monoisotopic (exact) mass is 393 g/mol. The number of hydrogen-bond donors (Lipinski definition) is 1. The molecule has 0 bridgehead atoms. The highest BCUT2D eigenvalue weighted by atomic mass is 32.1. The number of ether oxygens (including phenoxy) is 1. The number of hydrogen-bond acceptors (Lipinski definition) is 5. The number of alkyl halides is 3. The van der Waals surface area contributed by atoms with Gasteiger partial charge in [0.25, 0.3) is 0 Å². The van der Waals surface area contributed by atoms with Crippen LogP contribution < -0.4 is 5.32 Å². The third-order valence-corrected chi connectivity index (χ3v) is 4.98. The standard InChI is InChI=1S/C18H14F3N3O2S/c1-10-14(16(25)26-9-18(19,20)21)15(11-6-7-27-8-11)24-13-5-3-2-4-12(13)23-17(24)22-10/h2-8,15H,9H2,1H3,(H,22,23). The summed E-state index contributed by atoms with van der Waals surface area (Å²) < 4.78 is 43.9. The number of nitrogens with zero attached hydrogens (tertiary/aromatic N) is 2. The summed E-state index contributed by atoms with van der Waals surface area (Å²) in [6.07, 6.45) is -4.59. The third-order valence-electron chi connectivity index (χ3n) is 4.28. The largest absolute Gasteiger partial charge is 0.453 e. The van der Waals surface area contributed by atoms with Crippen LogP contribution in [0.4, 0.5) is 19.1 Å². The lowest BCUT2D eigenvalue weighted by Gasteiger charge is -2.29. The third kappa shape index (κ3) is 3.18. The molecule has 1 unspecified atom stereocenters. The maximum absolute atomic E-state index is 12.6. The van der Waals surface area contributed by atoms with Crippen molar-refractivity contribution < 1.29 is 22.7 Å². The molecular formula is C18H14F3N3O2S. The van der Waals surface area contributed by atoms with Crippen molar-refractivity contribution >= 4 is 34.3 Å². The van der Waals surface area contributed by atoms with E-state index in [1.807, 2.05) is 45.7 Å². The molecule has 0 amide bonds. The van der Waals surface area contributed by atoms with Crippen LogP contribution in [-0.2, 0) is 9.53 Å². The van der Waals surface area contributed by atoms with Gasteiger partial charge < -0.3 is 10.1 Å². The maximum Gasteiger partial charge on any atom is 0.422 e. The molecule has 5 nitrogen and oxygen atoms in total. The fourth-order valence-corrected chi connectivity index (χ4v) is 3.88. The first kappa shape index (κ1) is 17.6. The first-order valence-corrected chi connectivity index (χ1v) is 9.00. The number of esters is 1. The summed E-state index contributed by atoms with van der Waals surface area (Å²) in [7, 11) is 0. The van der Waals surface area contributed by atoms with Crippen LogP contribution in [0.2, 0.25) is 0 Å². The Morgan fingerprint density at radius 3 is 2.81 bits per heavy atom. The minimum absolute atomic E-state index is 0.133. The summed E-state index contributed by atoms with van der Waals surface area (Å²) in [5.41, 5.74) is 2.82. The summed E-state index contributed by atoms with van der Waals surface area (Å²) in [5, 5.41) is 6.73. The Labute approximate surface area is 156 Å². The Bertz CT molecular complexity index is 1040. The van der Waals surface area contributed by atoms with Crippen LogP contribution in [0.25, 0.3) is 11.0 Å². The number of nitrogens with one attached hydrogen (secondary N) is 1. The highest BCUT2D eigenvalue weighted by molar-refractivity contribution is 7.08. The molecule has 140 valence electrons. The van der Waals surface area contributed by atoms with Gasteiger partial charge in [0.05, 0.1) is 22.6 Å². The fourth-order valence-electron chi connectivity index (χ4n) is 3.20. The molecule has 0 saturated carbocycles. The maximum atomic E-state index is 12.6. The van der Waals surface area contributed by atoms with Gasteiger partial charge in [-0.3, -0.25) is 4.57 Å². The normalized spacial score (nSPS) is 17.0. The lowest BCUT2D eigenvalue weighted by atomic mass is 9.97. The lowest BCUT2D eigenvalue weighted by Crippen LogP contribution is -2.30. The van der Waals surface area contributed by atoms with E-state index in [-0.39, 0.29) is 5.57 Å². The number of fused-ring (bicyclic) bond motifs is 3. The van der Waals surface area contributed by atoms with Crippen molar-refractivity contribution in [2.45, 2.75) is 19.1 Å². The van der Waals surface area contributed by atoms with Gasteiger partial charge in [-0.1, -0.05) is 12.1 Å². The lowest BCUT2D eigenvalue weighted by molar-refractivity contribution is -0.183. The van der Waals surface area contributed by atoms with Crippen molar-refractivity contribution in [3.05, 3.63) is 57.9 Å². The number of rotatable bonds is 3. The number of allylic oxidation sites excluding steroid dienone is 1. The van der Waals surface area contributed by atoms with Crippen LogP contribution in [0.15, 0.2) is 52.4 Å².